The second-order valence-corrected chi connectivity index (χ2v) is 4.92. The third-order valence-electron chi connectivity index (χ3n) is 3.07. The largest absolute Gasteiger partial charge is 0.335 e. The number of piperazine rings is 1. The number of benzene rings is 1. The predicted octanol–water partition coefficient (Wildman–Crippen LogP) is 2.35. The van der Waals surface area contributed by atoms with Crippen molar-refractivity contribution in [1.82, 2.24) is 10.2 Å². The van der Waals surface area contributed by atoms with E-state index < -0.39 is 28.9 Å². The van der Waals surface area contributed by atoms with Crippen LogP contribution in [0.1, 0.15) is 24.2 Å². The molecule has 1 fully saturated rings. The molecule has 1 aliphatic heterocycles. The van der Waals surface area contributed by atoms with Crippen LogP contribution in [0.5, 0.6) is 0 Å². The van der Waals surface area contributed by atoms with E-state index in [0.717, 1.165) is 0 Å². The molecule has 1 aliphatic rings. The van der Waals surface area contributed by atoms with Gasteiger partial charge in [0.1, 0.15) is 23.0 Å². The lowest BCUT2D eigenvalue weighted by atomic mass is 10.1. The highest BCUT2D eigenvalue weighted by Gasteiger charge is 2.29. The summed E-state index contributed by atoms with van der Waals surface area (Å²) in [5, 5.41) is 3.21. The lowest BCUT2D eigenvalue weighted by molar-refractivity contribution is 0.0663. The third kappa shape index (κ3) is 3.43. The maximum absolute atomic E-state index is 13.6. The Labute approximate surface area is 121 Å². The van der Waals surface area contributed by atoms with Gasteiger partial charge in [0.05, 0.1) is 0 Å². The smallest absolute Gasteiger partial charge is 0.259 e. The minimum Gasteiger partial charge on any atom is -0.335 e. The molecule has 1 N–H and O–H groups in total. The van der Waals surface area contributed by atoms with Gasteiger partial charge in [0.2, 0.25) is 0 Å². The van der Waals surface area contributed by atoms with Gasteiger partial charge in [-0.1, -0.05) is 0 Å². The van der Waals surface area contributed by atoms with Crippen LogP contribution in [0, 0.1) is 17.5 Å². The zero-order valence-electron chi connectivity index (χ0n) is 11.1. The van der Waals surface area contributed by atoms with Crippen LogP contribution in [-0.2, 0) is 0 Å². The molecule has 112 valence electrons. The van der Waals surface area contributed by atoms with E-state index in [-0.39, 0.29) is 24.5 Å². The summed E-state index contributed by atoms with van der Waals surface area (Å²) in [7, 11) is 0. The first-order valence-electron chi connectivity index (χ1n) is 6.08. The minimum absolute atomic E-state index is 0. The van der Waals surface area contributed by atoms with Crippen LogP contribution in [0.4, 0.5) is 13.2 Å². The van der Waals surface area contributed by atoms with Gasteiger partial charge in [0.15, 0.2) is 0 Å². The first-order chi connectivity index (χ1) is 8.88. The molecule has 3 nitrogen and oxygen atoms in total. The monoisotopic (exact) mass is 308 g/mol. The molecule has 0 radical (unpaired) electrons. The van der Waals surface area contributed by atoms with Gasteiger partial charge >= 0.3 is 0 Å². The molecular formula is C13H16ClF3N2O. The van der Waals surface area contributed by atoms with Gasteiger partial charge in [0.25, 0.3) is 5.91 Å². The lowest BCUT2D eigenvalue weighted by Crippen LogP contribution is -2.56. The predicted molar refractivity (Wildman–Crippen MR) is 71.5 cm³/mol. The molecule has 0 saturated carbocycles. The summed E-state index contributed by atoms with van der Waals surface area (Å²) in [6.45, 7) is 4.49. The Morgan fingerprint density at radius 1 is 1.15 bits per heavy atom. The molecule has 0 bridgehead atoms. The van der Waals surface area contributed by atoms with Crippen molar-refractivity contribution < 1.29 is 18.0 Å². The second-order valence-electron chi connectivity index (χ2n) is 4.92. The van der Waals surface area contributed by atoms with Crippen molar-refractivity contribution in [3.05, 3.63) is 35.1 Å². The van der Waals surface area contributed by atoms with E-state index in [4.69, 9.17) is 0 Å². The van der Waals surface area contributed by atoms with Crippen LogP contribution >= 0.6 is 12.4 Å². The molecule has 0 aromatic heterocycles. The number of nitrogens with zero attached hydrogens (tertiary/aromatic N) is 1. The first kappa shape index (κ1) is 16.8. The average molecular weight is 309 g/mol. The lowest BCUT2D eigenvalue weighted by Gasteiger charge is -2.36. The third-order valence-corrected chi connectivity index (χ3v) is 3.07. The number of carbonyl (C=O) groups is 1. The molecule has 1 heterocycles. The van der Waals surface area contributed by atoms with E-state index in [1.165, 1.54) is 4.90 Å². The van der Waals surface area contributed by atoms with Gasteiger partial charge in [-0.05, 0) is 13.8 Å². The zero-order valence-corrected chi connectivity index (χ0v) is 11.9. The van der Waals surface area contributed by atoms with E-state index in [1.807, 2.05) is 13.8 Å². The molecule has 2 rings (SSSR count). The maximum Gasteiger partial charge on any atom is 0.259 e. The van der Waals surface area contributed by atoms with Crippen molar-refractivity contribution >= 4 is 18.3 Å². The van der Waals surface area contributed by atoms with E-state index in [0.29, 0.717) is 25.2 Å². The van der Waals surface area contributed by atoms with Gasteiger partial charge in [-0.15, -0.1) is 12.4 Å². The maximum atomic E-state index is 13.6. The van der Waals surface area contributed by atoms with Crippen LogP contribution in [-0.4, -0.2) is 36.0 Å². The number of rotatable bonds is 1. The Morgan fingerprint density at radius 3 is 2.05 bits per heavy atom. The van der Waals surface area contributed by atoms with E-state index >= 15 is 0 Å². The topological polar surface area (TPSA) is 32.3 Å². The molecule has 0 spiro atoms. The van der Waals surface area contributed by atoms with Crippen molar-refractivity contribution in [1.29, 1.82) is 0 Å². The molecule has 1 saturated heterocycles. The van der Waals surface area contributed by atoms with Crippen LogP contribution < -0.4 is 5.32 Å². The molecule has 1 aromatic rings. The fraction of sp³-hybridized carbons (Fsp3) is 0.462. The van der Waals surface area contributed by atoms with Crippen LogP contribution in [0.3, 0.4) is 0 Å². The minimum atomic E-state index is -1.17. The Balaban J connectivity index is 0.00000200. The van der Waals surface area contributed by atoms with Crippen LogP contribution in [0.2, 0.25) is 0 Å². The summed E-state index contributed by atoms with van der Waals surface area (Å²) in [6, 6.07) is 1.12. The van der Waals surface area contributed by atoms with Crippen molar-refractivity contribution in [2.45, 2.75) is 25.9 Å². The summed E-state index contributed by atoms with van der Waals surface area (Å²) in [5.41, 5.74) is -0.692. The second kappa shape index (κ2) is 6.45. The van der Waals surface area contributed by atoms with Crippen molar-refractivity contribution in [3.8, 4) is 0 Å². The Hall–Kier alpha value is -1.27. The van der Waals surface area contributed by atoms with Gasteiger partial charge in [-0.25, -0.2) is 13.2 Å². The molecule has 2 atom stereocenters. The number of halogens is 4. The zero-order chi connectivity index (χ0) is 14.2. The normalized spacial score (nSPS) is 22.4. The highest BCUT2D eigenvalue weighted by Crippen LogP contribution is 2.18. The molecular weight excluding hydrogens is 293 g/mol. The number of amides is 1. The summed E-state index contributed by atoms with van der Waals surface area (Å²) in [4.78, 5) is 13.5. The first-order valence-corrected chi connectivity index (χ1v) is 6.08. The summed E-state index contributed by atoms with van der Waals surface area (Å²) in [6.07, 6.45) is 0. The van der Waals surface area contributed by atoms with Crippen molar-refractivity contribution in [2.75, 3.05) is 13.1 Å². The fourth-order valence-electron chi connectivity index (χ4n) is 2.40. The summed E-state index contributed by atoms with van der Waals surface area (Å²) < 4.78 is 40.0. The number of hydrogen-bond donors (Lipinski definition) is 1. The number of nitrogens with one attached hydrogen (secondary N) is 1. The van der Waals surface area contributed by atoms with E-state index in [9.17, 15) is 18.0 Å². The summed E-state index contributed by atoms with van der Waals surface area (Å²) in [5.74, 6) is -4.11. The molecule has 20 heavy (non-hydrogen) atoms. The van der Waals surface area contributed by atoms with Crippen molar-refractivity contribution in [2.24, 2.45) is 0 Å². The number of hydrogen-bond acceptors (Lipinski definition) is 2. The van der Waals surface area contributed by atoms with Crippen LogP contribution in [0.15, 0.2) is 12.1 Å². The average Bonchev–Trinajstić information content (AvgIpc) is 2.25. The van der Waals surface area contributed by atoms with E-state index in [1.54, 1.807) is 0 Å². The molecule has 7 heteroatoms. The standard InChI is InChI=1S/C13H15F3N2O.ClH/c1-7-5-18(6-8(2)17-7)13(19)12-10(15)3-9(14)4-11(12)16;/h3-4,7-8,17H,5-6H2,1-2H3;1H. The van der Waals surface area contributed by atoms with Gasteiger partial charge in [-0.3, -0.25) is 4.79 Å². The highest BCUT2D eigenvalue weighted by molar-refractivity contribution is 5.95. The Bertz CT molecular complexity index is 479. The van der Waals surface area contributed by atoms with Gasteiger partial charge in [0, 0.05) is 37.3 Å². The van der Waals surface area contributed by atoms with Crippen molar-refractivity contribution in [3.63, 3.8) is 0 Å². The highest BCUT2D eigenvalue weighted by atomic mass is 35.5. The quantitative estimate of drug-likeness (QED) is 0.864. The Kier molecular flexibility index (Phi) is 5.42. The fourth-order valence-corrected chi connectivity index (χ4v) is 2.40. The molecule has 0 aliphatic carbocycles. The summed E-state index contributed by atoms with van der Waals surface area (Å²) >= 11 is 0. The van der Waals surface area contributed by atoms with Gasteiger partial charge in [-0.2, -0.15) is 0 Å². The molecule has 1 amide bonds. The Morgan fingerprint density at radius 2 is 1.60 bits per heavy atom. The van der Waals surface area contributed by atoms with E-state index in [2.05, 4.69) is 5.32 Å². The van der Waals surface area contributed by atoms with Crippen LogP contribution in [0.25, 0.3) is 0 Å². The molecule has 1 aromatic carbocycles. The number of carbonyl (C=O) groups excluding carboxylic acids is 1. The van der Waals surface area contributed by atoms with Gasteiger partial charge < -0.3 is 10.2 Å². The molecule has 2 unspecified atom stereocenters. The SMILES string of the molecule is CC1CN(C(=O)c2c(F)cc(F)cc2F)CC(C)N1.Cl.